The van der Waals surface area contributed by atoms with Crippen LogP contribution in [0.15, 0.2) is 182 Å². The van der Waals surface area contributed by atoms with Gasteiger partial charge in [-0.1, -0.05) is 121 Å². The van der Waals surface area contributed by atoms with Crippen LogP contribution in [0.3, 0.4) is 0 Å². The molecule has 50 heavy (non-hydrogen) atoms. The van der Waals surface area contributed by atoms with E-state index in [9.17, 15) is 0 Å². The van der Waals surface area contributed by atoms with Gasteiger partial charge in [-0.05, 0) is 65.7 Å². The monoisotopic (exact) mass is 638 g/mol. The van der Waals surface area contributed by atoms with E-state index >= 15 is 0 Å². The first kappa shape index (κ1) is 28.3. The molecule has 0 aliphatic carbocycles. The van der Waals surface area contributed by atoms with Gasteiger partial charge in [0.05, 0.1) is 33.6 Å². The van der Waals surface area contributed by atoms with Crippen LogP contribution >= 0.6 is 0 Å². The zero-order chi connectivity index (χ0) is 33.0. The summed E-state index contributed by atoms with van der Waals surface area (Å²) in [4.78, 5) is 10.1. The lowest BCUT2D eigenvalue weighted by molar-refractivity contribution is 1.12. The quantitative estimate of drug-likeness (QED) is 0.188. The molecule has 0 unspecified atom stereocenters. The lowest BCUT2D eigenvalue weighted by Gasteiger charge is -2.13. The number of fused-ring (bicyclic) bond motifs is 6. The van der Waals surface area contributed by atoms with Crippen molar-refractivity contribution < 1.29 is 0 Å². The Morgan fingerprint density at radius 1 is 0.340 bits per heavy atom. The van der Waals surface area contributed by atoms with Crippen molar-refractivity contribution in [3.05, 3.63) is 182 Å². The number of hydrogen-bond acceptors (Lipinski definition) is 2. The molecule has 4 aromatic heterocycles. The Labute approximate surface area is 289 Å². The molecule has 0 saturated carbocycles. The number of pyridine rings is 2. The molecule has 0 amide bonds. The molecule has 0 bridgehead atoms. The largest absolute Gasteiger partial charge is 0.309 e. The molecular weight excluding hydrogens is 609 g/mol. The number of nitrogens with zero attached hydrogens (tertiary/aromatic N) is 4. The maximum absolute atomic E-state index is 5.15. The first-order valence-corrected chi connectivity index (χ1v) is 16.9. The topological polar surface area (TPSA) is 35.6 Å². The fraction of sp³-hybridized carbons (Fsp3) is 0. The molecule has 0 atom stereocenters. The second-order valence-electron chi connectivity index (χ2n) is 12.7. The molecule has 4 heteroatoms. The number of benzene rings is 6. The second kappa shape index (κ2) is 11.4. The Hall–Kier alpha value is -6.78. The third-order valence-corrected chi connectivity index (χ3v) is 9.76. The van der Waals surface area contributed by atoms with Crippen LogP contribution in [0.4, 0.5) is 0 Å². The Bertz CT molecular complexity index is 2790. The lowest BCUT2D eigenvalue weighted by Crippen LogP contribution is -1.99. The van der Waals surface area contributed by atoms with Crippen LogP contribution in [0.25, 0.3) is 88.8 Å². The van der Waals surface area contributed by atoms with E-state index in [1.54, 1.807) is 0 Å². The van der Waals surface area contributed by atoms with Crippen molar-refractivity contribution in [2.45, 2.75) is 0 Å². The predicted molar refractivity (Wildman–Crippen MR) is 207 cm³/mol. The summed E-state index contributed by atoms with van der Waals surface area (Å²) in [5.41, 5.74) is 12.9. The van der Waals surface area contributed by atoms with E-state index in [1.807, 2.05) is 24.4 Å². The zero-order valence-electron chi connectivity index (χ0n) is 27.1. The molecule has 0 fully saturated rings. The smallest absolute Gasteiger partial charge is 0.145 e. The maximum Gasteiger partial charge on any atom is 0.145 e. The van der Waals surface area contributed by atoms with Crippen molar-refractivity contribution in [3.8, 4) is 45.0 Å². The first-order valence-electron chi connectivity index (χ1n) is 16.9. The molecule has 0 saturated heterocycles. The molecule has 4 heterocycles. The summed E-state index contributed by atoms with van der Waals surface area (Å²) >= 11 is 0. The molecule has 10 rings (SSSR count). The Morgan fingerprint density at radius 3 is 1.52 bits per heavy atom. The van der Waals surface area contributed by atoms with Crippen LogP contribution in [0.2, 0.25) is 0 Å². The highest BCUT2D eigenvalue weighted by molar-refractivity contribution is 6.11. The summed E-state index contributed by atoms with van der Waals surface area (Å²) < 4.78 is 4.68. The minimum Gasteiger partial charge on any atom is -0.309 e. The highest BCUT2D eigenvalue weighted by atomic mass is 15.0. The third kappa shape index (κ3) is 4.54. The summed E-state index contributed by atoms with van der Waals surface area (Å²) in [6, 6.07) is 62.4. The minimum absolute atomic E-state index is 0.920. The van der Waals surface area contributed by atoms with Gasteiger partial charge in [-0.15, -0.1) is 0 Å². The summed E-state index contributed by atoms with van der Waals surface area (Å²) in [5.74, 6) is 0. The van der Waals surface area contributed by atoms with E-state index in [0.717, 1.165) is 67.0 Å². The summed E-state index contributed by atoms with van der Waals surface area (Å²) in [6.45, 7) is 0. The van der Waals surface area contributed by atoms with E-state index in [2.05, 4.69) is 167 Å². The van der Waals surface area contributed by atoms with Crippen molar-refractivity contribution in [1.82, 2.24) is 19.1 Å². The average molecular weight is 639 g/mol. The summed E-state index contributed by atoms with van der Waals surface area (Å²) in [6.07, 6.45) is 1.88. The van der Waals surface area contributed by atoms with Crippen LogP contribution in [0.5, 0.6) is 0 Å². The van der Waals surface area contributed by atoms with Crippen LogP contribution in [-0.2, 0) is 0 Å². The zero-order valence-corrected chi connectivity index (χ0v) is 27.1. The van der Waals surface area contributed by atoms with Gasteiger partial charge < -0.3 is 4.57 Å². The van der Waals surface area contributed by atoms with Crippen molar-refractivity contribution in [2.75, 3.05) is 0 Å². The normalized spacial score (nSPS) is 11.6. The molecule has 0 aliphatic rings. The van der Waals surface area contributed by atoms with Gasteiger partial charge in [0.2, 0.25) is 0 Å². The third-order valence-electron chi connectivity index (χ3n) is 9.76. The minimum atomic E-state index is 0.920. The van der Waals surface area contributed by atoms with E-state index in [1.165, 1.54) is 21.8 Å². The number of para-hydroxylation sites is 2. The van der Waals surface area contributed by atoms with Crippen LogP contribution < -0.4 is 0 Å². The van der Waals surface area contributed by atoms with E-state index < -0.39 is 0 Å². The van der Waals surface area contributed by atoms with Gasteiger partial charge in [0, 0.05) is 44.6 Å². The van der Waals surface area contributed by atoms with E-state index in [-0.39, 0.29) is 0 Å². The Kier molecular flexibility index (Phi) is 6.46. The Morgan fingerprint density at radius 2 is 0.860 bits per heavy atom. The molecule has 234 valence electrons. The molecule has 6 aromatic carbocycles. The van der Waals surface area contributed by atoms with Crippen molar-refractivity contribution in [2.24, 2.45) is 0 Å². The standard InChI is InChI=1S/C46H30N4/c1-4-13-31(14-5-1)41-29-36(30-42(48-41)32-15-6-2-7-16-32)50-45-28-34(23-25-39(45)40-20-12-26-47-46(40)50)33-22-24-38-37-19-10-11-21-43(37)49(44(38)27-33)35-17-8-3-9-18-35/h1-30H. The first-order chi connectivity index (χ1) is 24.8. The van der Waals surface area contributed by atoms with Gasteiger partial charge >= 0.3 is 0 Å². The fourth-order valence-electron chi connectivity index (χ4n) is 7.45. The van der Waals surface area contributed by atoms with Gasteiger partial charge in [0.25, 0.3) is 0 Å². The van der Waals surface area contributed by atoms with Gasteiger partial charge in [0.15, 0.2) is 0 Å². The molecular formula is C46H30N4. The van der Waals surface area contributed by atoms with Gasteiger partial charge in [-0.25, -0.2) is 9.97 Å². The Balaban J connectivity index is 1.22. The molecule has 0 N–H and O–H groups in total. The van der Waals surface area contributed by atoms with Crippen molar-refractivity contribution >= 4 is 43.7 Å². The van der Waals surface area contributed by atoms with E-state index in [4.69, 9.17) is 9.97 Å². The lowest BCUT2D eigenvalue weighted by atomic mass is 10.0. The molecule has 0 radical (unpaired) electrons. The summed E-state index contributed by atoms with van der Waals surface area (Å²) in [5, 5.41) is 4.77. The molecule has 0 spiro atoms. The average Bonchev–Trinajstić information content (AvgIpc) is 3.71. The second-order valence-corrected chi connectivity index (χ2v) is 12.7. The number of aromatic nitrogens is 4. The van der Waals surface area contributed by atoms with Crippen LogP contribution in [-0.4, -0.2) is 19.1 Å². The van der Waals surface area contributed by atoms with Crippen LogP contribution in [0, 0.1) is 0 Å². The highest BCUT2D eigenvalue weighted by Crippen LogP contribution is 2.38. The molecule has 4 nitrogen and oxygen atoms in total. The van der Waals surface area contributed by atoms with Crippen molar-refractivity contribution in [1.29, 1.82) is 0 Å². The van der Waals surface area contributed by atoms with Gasteiger partial charge in [0.1, 0.15) is 5.65 Å². The number of hydrogen-bond donors (Lipinski definition) is 0. The fourth-order valence-corrected chi connectivity index (χ4v) is 7.45. The maximum atomic E-state index is 5.15. The van der Waals surface area contributed by atoms with Crippen molar-refractivity contribution in [3.63, 3.8) is 0 Å². The molecule has 10 aromatic rings. The SMILES string of the molecule is c1ccc(-c2cc(-n3c4cc(-c5ccc6c7ccccc7n(-c7ccccc7)c6c5)ccc4c4cccnc43)cc(-c3ccccc3)n2)cc1. The van der Waals surface area contributed by atoms with Gasteiger partial charge in [-0.2, -0.15) is 0 Å². The van der Waals surface area contributed by atoms with Gasteiger partial charge in [-0.3, -0.25) is 4.57 Å². The highest BCUT2D eigenvalue weighted by Gasteiger charge is 2.18. The summed E-state index contributed by atoms with van der Waals surface area (Å²) in [7, 11) is 0. The predicted octanol–water partition coefficient (Wildman–Crippen LogP) is 11.7. The van der Waals surface area contributed by atoms with Crippen LogP contribution in [0.1, 0.15) is 0 Å². The number of rotatable bonds is 5. The molecule has 0 aliphatic heterocycles. The van der Waals surface area contributed by atoms with E-state index in [0.29, 0.717) is 0 Å².